The summed E-state index contributed by atoms with van der Waals surface area (Å²) in [5.74, 6) is -0.921. The molecule has 0 spiro atoms. The van der Waals surface area contributed by atoms with Crippen LogP contribution in [0.25, 0.3) is 10.9 Å². The fraction of sp³-hybridized carbons (Fsp3) is 0.303. The maximum absolute atomic E-state index is 13.2. The molecule has 0 unspecified atom stereocenters. The van der Waals surface area contributed by atoms with Crippen LogP contribution in [0.15, 0.2) is 54.6 Å². The van der Waals surface area contributed by atoms with Crippen molar-refractivity contribution >= 4 is 45.7 Å². The number of hydrogen-bond acceptors (Lipinski definition) is 5. The highest BCUT2D eigenvalue weighted by atomic mass is 35.5. The first kappa shape index (κ1) is 28.1. The van der Waals surface area contributed by atoms with Gasteiger partial charge in [-0.1, -0.05) is 82.9 Å². The molecule has 0 fully saturated rings. The number of para-hydroxylation sites is 1. The van der Waals surface area contributed by atoms with Gasteiger partial charge in [-0.05, 0) is 63.9 Å². The SMILES string of the molecule is CC(C)(C)c1cc(COc2cccc3ccc(C4C(=O)c5cc(Cl)c(Cl)cc5C4=O)nc23)cc(C(C)(C)C)c1O. The molecule has 5 nitrogen and oxygen atoms in total. The molecule has 7 heteroatoms. The molecule has 206 valence electrons. The molecule has 1 aliphatic carbocycles. The van der Waals surface area contributed by atoms with E-state index >= 15 is 0 Å². The lowest BCUT2D eigenvalue weighted by Crippen LogP contribution is -2.18. The molecule has 0 aliphatic heterocycles. The number of halogens is 2. The molecule has 0 bridgehead atoms. The number of benzene rings is 3. The first-order valence-electron chi connectivity index (χ1n) is 13.1. The second kappa shape index (κ2) is 9.90. The zero-order chi connectivity index (χ0) is 29.1. The van der Waals surface area contributed by atoms with Crippen molar-refractivity contribution in [2.24, 2.45) is 0 Å². The third-order valence-corrected chi connectivity index (χ3v) is 8.02. The Bertz CT molecular complexity index is 1620. The Morgan fingerprint density at radius 1 is 0.825 bits per heavy atom. The number of carbonyl (C=O) groups excluding carboxylic acids is 2. The van der Waals surface area contributed by atoms with E-state index in [2.05, 4.69) is 41.5 Å². The lowest BCUT2D eigenvalue weighted by atomic mass is 9.78. The summed E-state index contributed by atoms with van der Waals surface area (Å²) in [5.41, 5.74) is 3.52. The van der Waals surface area contributed by atoms with Crippen molar-refractivity contribution in [3.05, 3.63) is 98.2 Å². The summed E-state index contributed by atoms with van der Waals surface area (Å²) in [4.78, 5) is 31.2. The van der Waals surface area contributed by atoms with E-state index in [1.807, 2.05) is 36.4 Å². The Labute approximate surface area is 244 Å². The van der Waals surface area contributed by atoms with Crippen LogP contribution in [-0.2, 0) is 17.4 Å². The Hall–Kier alpha value is -3.41. The van der Waals surface area contributed by atoms with Crippen molar-refractivity contribution in [3.63, 3.8) is 0 Å². The number of rotatable bonds is 4. The number of phenolic OH excluding ortho intramolecular Hbond substituents is 1. The van der Waals surface area contributed by atoms with Gasteiger partial charge in [-0.15, -0.1) is 0 Å². The number of phenols is 1. The Morgan fingerprint density at radius 2 is 1.38 bits per heavy atom. The Balaban J connectivity index is 1.51. The largest absolute Gasteiger partial charge is 0.507 e. The Kier molecular flexibility index (Phi) is 6.96. The topological polar surface area (TPSA) is 76.5 Å². The van der Waals surface area contributed by atoms with Gasteiger partial charge >= 0.3 is 0 Å². The van der Waals surface area contributed by atoms with Gasteiger partial charge in [0, 0.05) is 16.5 Å². The van der Waals surface area contributed by atoms with Crippen molar-refractivity contribution in [2.75, 3.05) is 0 Å². The van der Waals surface area contributed by atoms with Gasteiger partial charge in [-0.3, -0.25) is 9.59 Å². The maximum Gasteiger partial charge on any atom is 0.180 e. The molecule has 1 aliphatic rings. The molecule has 0 radical (unpaired) electrons. The van der Waals surface area contributed by atoms with Gasteiger partial charge in [0.2, 0.25) is 0 Å². The fourth-order valence-electron chi connectivity index (χ4n) is 5.15. The summed E-state index contributed by atoms with van der Waals surface area (Å²) in [5, 5.41) is 12.3. The van der Waals surface area contributed by atoms with Gasteiger partial charge in [-0.2, -0.15) is 0 Å². The van der Waals surface area contributed by atoms with Crippen LogP contribution < -0.4 is 4.74 Å². The highest BCUT2D eigenvalue weighted by molar-refractivity contribution is 6.43. The zero-order valence-electron chi connectivity index (χ0n) is 23.4. The highest BCUT2D eigenvalue weighted by Gasteiger charge is 2.41. The normalized spacial score (nSPS) is 14.2. The van der Waals surface area contributed by atoms with E-state index in [9.17, 15) is 14.7 Å². The van der Waals surface area contributed by atoms with Crippen LogP contribution in [0, 0.1) is 0 Å². The number of aromatic hydroxyl groups is 1. The Morgan fingerprint density at radius 3 is 1.90 bits per heavy atom. The molecule has 3 aromatic carbocycles. The number of Topliss-reactive ketones (excluding diaryl/α,β-unsaturated/α-hetero) is 2. The zero-order valence-corrected chi connectivity index (χ0v) is 24.9. The molecular formula is C33H31Cl2NO4. The number of hydrogen-bond donors (Lipinski definition) is 1. The molecule has 0 atom stereocenters. The van der Waals surface area contributed by atoms with Gasteiger partial charge in [0.05, 0.1) is 15.7 Å². The first-order valence-corrected chi connectivity index (χ1v) is 13.9. The summed E-state index contributed by atoms with van der Waals surface area (Å²) in [6.45, 7) is 12.7. The number of ether oxygens (including phenoxy) is 1. The van der Waals surface area contributed by atoms with Gasteiger partial charge < -0.3 is 9.84 Å². The summed E-state index contributed by atoms with van der Waals surface area (Å²) < 4.78 is 6.30. The fourth-order valence-corrected chi connectivity index (χ4v) is 5.47. The summed E-state index contributed by atoms with van der Waals surface area (Å²) in [7, 11) is 0. The number of fused-ring (bicyclic) bond motifs is 2. The summed E-state index contributed by atoms with van der Waals surface area (Å²) in [6, 6.07) is 16.0. The predicted molar refractivity (Wildman–Crippen MR) is 159 cm³/mol. The maximum atomic E-state index is 13.2. The van der Waals surface area contributed by atoms with Crippen LogP contribution in [0.3, 0.4) is 0 Å². The molecular weight excluding hydrogens is 545 g/mol. The minimum absolute atomic E-state index is 0.225. The van der Waals surface area contributed by atoms with Gasteiger partial charge in [0.25, 0.3) is 0 Å². The molecule has 40 heavy (non-hydrogen) atoms. The van der Waals surface area contributed by atoms with Crippen LogP contribution in [0.5, 0.6) is 11.5 Å². The lowest BCUT2D eigenvalue weighted by molar-refractivity contribution is 0.0888. The average molecular weight is 577 g/mol. The molecule has 0 saturated heterocycles. The van der Waals surface area contributed by atoms with Crippen molar-refractivity contribution in [1.82, 2.24) is 4.98 Å². The smallest absolute Gasteiger partial charge is 0.180 e. The average Bonchev–Trinajstić information content (AvgIpc) is 3.10. The lowest BCUT2D eigenvalue weighted by Gasteiger charge is -2.28. The molecule has 1 N–H and O–H groups in total. The minimum Gasteiger partial charge on any atom is -0.507 e. The van der Waals surface area contributed by atoms with Crippen molar-refractivity contribution in [1.29, 1.82) is 0 Å². The van der Waals surface area contributed by atoms with Crippen LogP contribution in [-0.4, -0.2) is 21.7 Å². The van der Waals surface area contributed by atoms with E-state index in [1.165, 1.54) is 12.1 Å². The second-order valence-electron chi connectivity index (χ2n) is 12.4. The van der Waals surface area contributed by atoms with Gasteiger partial charge in [0.1, 0.15) is 29.5 Å². The molecule has 0 saturated carbocycles. The number of pyridine rings is 1. The van der Waals surface area contributed by atoms with Crippen molar-refractivity contribution in [2.45, 2.75) is 64.9 Å². The molecule has 0 amide bonds. The standard InChI is InChI=1S/C33H31Cl2NO4/c1-32(2,3)21-12-17(13-22(31(21)39)33(4,5)6)16-40-26-9-7-8-18-10-11-25(36-28(18)26)27-29(37)19-14-23(34)24(35)15-20(19)30(27)38/h7-15,27,39H,16H2,1-6H3. The van der Waals surface area contributed by atoms with Gasteiger partial charge in [-0.25, -0.2) is 4.98 Å². The van der Waals surface area contributed by atoms with E-state index in [0.29, 0.717) is 22.7 Å². The second-order valence-corrected chi connectivity index (χ2v) is 13.2. The predicted octanol–water partition coefficient (Wildman–Crippen LogP) is 8.58. The number of aromatic nitrogens is 1. The van der Waals surface area contributed by atoms with E-state index in [1.54, 1.807) is 6.07 Å². The summed E-state index contributed by atoms with van der Waals surface area (Å²) in [6.07, 6.45) is 0. The first-order chi connectivity index (χ1) is 18.7. The molecule has 4 aromatic rings. The summed E-state index contributed by atoms with van der Waals surface area (Å²) >= 11 is 12.2. The third-order valence-electron chi connectivity index (χ3n) is 7.30. The third kappa shape index (κ3) is 4.97. The van der Waals surface area contributed by atoms with Gasteiger partial charge in [0.15, 0.2) is 11.6 Å². The van der Waals surface area contributed by atoms with Crippen LogP contribution in [0.4, 0.5) is 0 Å². The highest BCUT2D eigenvalue weighted by Crippen LogP contribution is 2.41. The molecule has 1 aromatic heterocycles. The number of carbonyl (C=O) groups is 2. The molecule has 5 rings (SSSR count). The van der Waals surface area contributed by atoms with Crippen LogP contribution in [0.1, 0.15) is 90.6 Å². The quantitative estimate of drug-likeness (QED) is 0.246. The number of ketones is 2. The van der Waals surface area contributed by atoms with E-state index in [0.717, 1.165) is 22.1 Å². The van der Waals surface area contributed by atoms with E-state index in [-0.39, 0.29) is 50.2 Å². The minimum atomic E-state index is -1.07. The molecule has 1 heterocycles. The van der Waals surface area contributed by atoms with Crippen molar-refractivity contribution < 1.29 is 19.4 Å². The monoisotopic (exact) mass is 575 g/mol. The van der Waals surface area contributed by atoms with Crippen molar-refractivity contribution in [3.8, 4) is 11.5 Å². The van der Waals surface area contributed by atoms with Crippen LogP contribution >= 0.6 is 23.2 Å². The van der Waals surface area contributed by atoms with E-state index < -0.39 is 5.92 Å². The van der Waals surface area contributed by atoms with E-state index in [4.69, 9.17) is 32.9 Å². The number of nitrogens with zero attached hydrogens (tertiary/aromatic N) is 1. The van der Waals surface area contributed by atoms with Crippen LogP contribution in [0.2, 0.25) is 10.0 Å².